The molecule has 2 rings (SSSR count). The molecule has 8 nitrogen and oxygen atoms in total. The number of H-pyrrole nitrogens is 1. The molecule has 1 unspecified atom stereocenters. The summed E-state index contributed by atoms with van der Waals surface area (Å²) in [5.74, 6) is -1.72. The van der Waals surface area contributed by atoms with E-state index in [-0.39, 0.29) is 38.3 Å². The SMILES string of the molecule is CC(C)CCOC(=O)[C@H](Cc1c[nH]c2ccccc12)NC(=O)CCC(N)C(=O)O.Cl. The van der Waals surface area contributed by atoms with Crippen molar-refractivity contribution < 1.29 is 24.2 Å². The van der Waals surface area contributed by atoms with Crippen molar-refractivity contribution in [2.24, 2.45) is 11.7 Å². The van der Waals surface area contributed by atoms with Crippen LogP contribution in [0.5, 0.6) is 0 Å². The van der Waals surface area contributed by atoms with Gasteiger partial charge in [-0.3, -0.25) is 9.59 Å². The fourth-order valence-corrected chi connectivity index (χ4v) is 2.89. The number of ether oxygens (including phenoxy) is 1. The van der Waals surface area contributed by atoms with Crippen molar-refractivity contribution in [3.8, 4) is 0 Å². The number of aliphatic carboxylic acids is 1. The van der Waals surface area contributed by atoms with Gasteiger partial charge in [-0.15, -0.1) is 12.4 Å². The smallest absolute Gasteiger partial charge is 0.328 e. The number of nitrogens with two attached hydrogens (primary N) is 1. The zero-order chi connectivity index (χ0) is 21.4. The predicted octanol–water partition coefficient (Wildman–Crippen LogP) is 2.40. The molecule has 0 saturated heterocycles. The third kappa shape index (κ3) is 7.68. The van der Waals surface area contributed by atoms with Crippen LogP contribution in [0.2, 0.25) is 0 Å². The predicted molar refractivity (Wildman–Crippen MR) is 116 cm³/mol. The Hall–Kier alpha value is -2.58. The van der Waals surface area contributed by atoms with Crippen LogP contribution >= 0.6 is 12.4 Å². The standard InChI is InChI=1S/C21H29N3O5.ClH/c1-13(2)9-10-29-21(28)18(24-19(25)8-7-16(22)20(26)27)11-14-12-23-17-6-4-3-5-15(14)17;/h3-6,12-13,16,18,23H,7-11,22H2,1-2H3,(H,24,25)(H,26,27);1H/t16?,18-;/m0./s1. The van der Waals surface area contributed by atoms with Gasteiger partial charge in [0.05, 0.1) is 6.61 Å². The third-order valence-corrected chi connectivity index (χ3v) is 4.66. The number of amides is 1. The number of carbonyl (C=O) groups excluding carboxylic acids is 2. The summed E-state index contributed by atoms with van der Waals surface area (Å²) in [5.41, 5.74) is 7.27. The molecule has 0 bridgehead atoms. The van der Waals surface area contributed by atoms with E-state index in [1.807, 2.05) is 44.3 Å². The highest BCUT2D eigenvalue weighted by molar-refractivity contribution is 5.87. The number of hydrogen-bond donors (Lipinski definition) is 4. The van der Waals surface area contributed by atoms with Crippen LogP contribution in [0.25, 0.3) is 10.9 Å². The summed E-state index contributed by atoms with van der Waals surface area (Å²) in [5, 5.41) is 12.5. The topological polar surface area (TPSA) is 135 Å². The second-order valence-corrected chi connectivity index (χ2v) is 7.52. The fraction of sp³-hybridized carbons (Fsp3) is 0.476. The number of carboxylic acid groups (broad SMARTS) is 1. The van der Waals surface area contributed by atoms with E-state index in [1.165, 1.54) is 0 Å². The molecule has 1 heterocycles. The van der Waals surface area contributed by atoms with Gasteiger partial charge in [-0.25, -0.2) is 4.79 Å². The van der Waals surface area contributed by atoms with E-state index >= 15 is 0 Å². The minimum Gasteiger partial charge on any atom is -0.480 e. The Morgan fingerprint density at radius 2 is 1.90 bits per heavy atom. The Balaban J connectivity index is 0.00000450. The maximum atomic E-state index is 12.6. The quantitative estimate of drug-likeness (QED) is 0.397. The highest BCUT2D eigenvalue weighted by atomic mass is 35.5. The summed E-state index contributed by atoms with van der Waals surface area (Å²) in [4.78, 5) is 38.9. The number of rotatable bonds is 11. The van der Waals surface area contributed by atoms with E-state index in [2.05, 4.69) is 10.3 Å². The summed E-state index contributed by atoms with van der Waals surface area (Å²) in [6.07, 6.45) is 2.71. The zero-order valence-corrected chi connectivity index (χ0v) is 18.0. The van der Waals surface area contributed by atoms with Gasteiger partial charge in [0.2, 0.25) is 5.91 Å². The number of para-hydroxylation sites is 1. The molecular formula is C21H30ClN3O5. The Bertz CT molecular complexity index is 852. The number of nitrogens with one attached hydrogen (secondary N) is 2. The molecule has 166 valence electrons. The van der Waals surface area contributed by atoms with Crippen LogP contribution < -0.4 is 11.1 Å². The molecule has 1 amide bonds. The lowest BCUT2D eigenvalue weighted by Gasteiger charge is -2.18. The normalized spacial score (nSPS) is 12.8. The minimum absolute atomic E-state index is 0. The Kier molecular flexibility index (Phi) is 10.3. The molecule has 0 aliphatic carbocycles. The molecule has 2 atom stereocenters. The molecule has 2 aromatic rings. The molecule has 5 N–H and O–H groups in total. The van der Waals surface area contributed by atoms with Crippen LogP contribution in [-0.2, 0) is 25.5 Å². The second-order valence-electron chi connectivity index (χ2n) is 7.52. The lowest BCUT2D eigenvalue weighted by atomic mass is 10.0. The highest BCUT2D eigenvalue weighted by Gasteiger charge is 2.25. The van der Waals surface area contributed by atoms with Crippen molar-refractivity contribution >= 4 is 41.2 Å². The van der Waals surface area contributed by atoms with Crippen LogP contribution in [0.15, 0.2) is 30.5 Å². The van der Waals surface area contributed by atoms with Gasteiger partial charge in [0.25, 0.3) is 0 Å². The lowest BCUT2D eigenvalue weighted by Crippen LogP contribution is -2.44. The average Bonchev–Trinajstić information content (AvgIpc) is 3.08. The van der Waals surface area contributed by atoms with E-state index in [1.54, 1.807) is 0 Å². The molecular weight excluding hydrogens is 410 g/mol. The van der Waals surface area contributed by atoms with Gasteiger partial charge in [0, 0.05) is 29.9 Å². The van der Waals surface area contributed by atoms with Crippen LogP contribution in [0.1, 0.15) is 38.7 Å². The van der Waals surface area contributed by atoms with Crippen LogP contribution in [-0.4, -0.2) is 46.6 Å². The molecule has 0 aliphatic rings. The molecule has 0 fully saturated rings. The molecule has 0 saturated carbocycles. The van der Waals surface area contributed by atoms with Crippen LogP contribution in [0.3, 0.4) is 0 Å². The van der Waals surface area contributed by atoms with Crippen molar-refractivity contribution in [1.29, 1.82) is 0 Å². The first-order valence-electron chi connectivity index (χ1n) is 9.77. The van der Waals surface area contributed by atoms with E-state index < -0.39 is 29.9 Å². The number of benzene rings is 1. The monoisotopic (exact) mass is 439 g/mol. The number of halogens is 1. The fourth-order valence-electron chi connectivity index (χ4n) is 2.89. The number of aromatic nitrogens is 1. The molecule has 0 spiro atoms. The number of fused-ring (bicyclic) bond motifs is 1. The van der Waals surface area contributed by atoms with Gasteiger partial charge in [-0.2, -0.15) is 0 Å². The van der Waals surface area contributed by atoms with Crippen molar-refractivity contribution in [3.63, 3.8) is 0 Å². The van der Waals surface area contributed by atoms with E-state index in [0.717, 1.165) is 22.9 Å². The first kappa shape index (κ1) is 25.5. The summed E-state index contributed by atoms with van der Waals surface area (Å²) < 4.78 is 5.36. The lowest BCUT2D eigenvalue weighted by molar-refractivity contribution is -0.148. The summed E-state index contributed by atoms with van der Waals surface area (Å²) in [7, 11) is 0. The number of aromatic amines is 1. The number of carboxylic acids is 1. The second kappa shape index (κ2) is 12.2. The van der Waals surface area contributed by atoms with Crippen molar-refractivity contribution in [2.45, 2.75) is 51.6 Å². The maximum absolute atomic E-state index is 12.6. The van der Waals surface area contributed by atoms with Gasteiger partial charge < -0.3 is 25.9 Å². The number of carbonyl (C=O) groups is 3. The van der Waals surface area contributed by atoms with Crippen molar-refractivity contribution in [3.05, 3.63) is 36.0 Å². The Labute approximate surface area is 182 Å². The highest BCUT2D eigenvalue weighted by Crippen LogP contribution is 2.19. The first-order valence-corrected chi connectivity index (χ1v) is 9.77. The van der Waals surface area contributed by atoms with E-state index in [9.17, 15) is 14.4 Å². The van der Waals surface area contributed by atoms with Crippen molar-refractivity contribution in [1.82, 2.24) is 10.3 Å². The van der Waals surface area contributed by atoms with Gasteiger partial charge in [-0.05, 0) is 30.4 Å². The average molecular weight is 440 g/mol. The number of hydrogen-bond acceptors (Lipinski definition) is 5. The molecule has 9 heteroatoms. The Morgan fingerprint density at radius 1 is 1.20 bits per heavy atom. The number of esters is 1. The third-order valence-electron chi connectivity index (χ3n) is 4.66. The molecule has 1 aromatic heterocycles. The van der Waals surface area contributed by atoms with Gasteiger partial charge in [0.15, 0.2) is 0 Å². The molecule has 0 aliphatic heterocycles. The summed E-state index contributed by atoms with van der Waals surface area (Å²) in [6.45, 7) is 4.34. The molecule has 0 radical (unpaired) electrons. The maximum Gasteiger partial charge on any atom is 0.328 e. The summed E-state index contributed by atoms with van der Waals surface area (Å²) >= 11 is 0. The van der Waals surface area contributed by atoms with Gasteiger partial charge in [0.1, 0.15) is 12.1 Å². The van der Waals surface area contributed by atoms with Crippen molar-refractivity contribution in [2.75, 3.05) is 6.61 Å². The Morgan fingerprint density at radius 3 is 2.57 bits per heavy atom. The minimum atomic E-state index is -1.17. The van der Waals surface area contributed by atoms with Gasteiger partial charge >= 0.3 is 11.9 Å². The van der Waals surface area contributed by atoms with E-state index in [4.69, 9.17) is 15.6 Å². The molecule has 30 heavy (non-hydrogen) atoms. The van der Waals surface area contributed by atoms with Crippen LogP contribution in [0, 0.1) is 5.92 Å². The van der Waals surface area contributed by atoms with E-state index in [0.29, 0.717) is 5.92 Å². The van der Waals surface area contributed by atoms with Crippen LogP contribution in [0.4, 0.5) is 0 Å². The largest absolute Gasteiger partial charge is 0.480 e. The zero-order valence-electron chi connectivity index (χ0n) is 17.2. The summed E-state index contributed by atoms with van der Waals surface area (Å²) in [6, 6.07) is 5.70. The van der Waals surface area contributed by atoms with Gasteiger partial charge in [-0.1, -0.05) is 32.0 Å². The molecule has 1 aromatic carbocycles. The first-order chi connectivity index (χ1) is 13.8.